The van der Waals surface area contributed by atoms with E-state index in [9.17, 15) is 4.79 Å². The third kappa shape index (κ3) is 4.42. The van der Waals surface area contributed by atoms with Crippen LogP contribution in [0.3, 0.4) is 0 Å². The van der Waals surface area contributed by atoms with Crippen LogP contribution in [0.15, 0.2) is 0 Å². The van der Waals surface area contributed by atoms with Crippen LogP contribution >= 0.6 is 0 Å². The molecule has 0 spiro atoms. The van der Waals surface area contributed by atoms with Gasteiger partial charge >= 0.3 is 23.0 Å². The fourth-order valence-electron chi connectivity index (χ4n) is 0.206. The van der Waals surface area contributed by atoms with Gasteiger partial charge in [-0.3, -0.25) is 4.79 Å². The van der Waals surface area contributed by atoms with Gasteiger partial charge < -0.3 is 15.9 Å². The molecule has 9 heavy (non-hydrogen) atoms. The number of carboxylic acid groups (broad SMARTS) is 1. The summed E-state index contributed by atoms with van der Waals surface area (Å²) < 4.78 is 0. The number of rotatable bonds is 2. The normalized spacial score (nSPS) is 15.4. The number of aliphatic hydroxyl groups is 1. The number of aliphatic carboxylic acids is 1. The first-order chi connectivity index (χ1) is 3.55. The molecule has 0 rings (SSSR count). The Morgan fingerprint density at radius 3 is 2.00 bits per heavy atom. The minimum absolute atomic E-state index is 0. The van der Waals surface area contributed by atoms with E-state index in [1.807, 2.05) is 0 Å². The van der Waals surface area contributed by atoms with Gasteiger partial charge in [-0.15, -0.1) is 0 Å². The summed E-state index contributed by atoms with van der Waals surface area (Å²) in [5, 5.41) is 16.6. The van der Waals surface area contributed by atoms with Crippen LogP contribution in [-0.4, -0.2) is 45.4 Å². The molecule has 0 aliphatic heterocycles. The SMILES string of the molecule is CC(O)C(N)C(=O)O.[SeH2]. The maximum absolute atomic E-state index is 9.86. The number of hydrogen-bond acceptors (Lipinski definition) is 3. The van der Waals surface area contributed by atoms with E-state index in [0.29, 0.717) is 0 Å². The number of hydrogen-bond donors (Lipinski definition) is 3. The first-order valence-corrected chi connectivity index (χ1v) is 2.22. The number of nitrogens with two attached hydrogens (primary N) is 1. The third-order valence-corrected chi connectivity index (χ3v) is 0.805. The Labute approximate surface area is 63.5 Å². The summed E-state index contributed by atoms with van der Waals surface area (Å²) in [6, 6.07) is -1.16. The molecule has 0 saturated carbocycles. The second-order valence-electron chi connectivity index (χ2n) is 1.60. The molecule has 0 bridgehead atoms. The molecule has 0 amide bonds. The van der Waals surface area contributed by atoms with Crippen molar-refractivity contribution in [1.82, 2.24) is 0 Å². The van der Waals surface area contributed by atoms with E-state index in [-0.39, 0.29) is 17.1 Å². The third-order valence-electron chi connectivity index (χ3n) is 0.805. The molecule has 0 heterocycles. The molecule has 5 heteroatoms. The molecular weight excluding hydrogens is 189 g/mol. The van der Waals surface area contributed by atoms with E-state index in [1.54, 1.807) is 0 Å². The van der Waals surface area contributed by atoms with Crippen LogP contribution in [0.4, 0.5) is 0 Å². The van der Waals surface area contributed by atoms with E-state index < -0.39 is 18.1 Å². The summed E-state index contributed by atoms with van der Waals surface area (Å²) in [4.78, 5) is 9.86. The molecule has 0 aromatic carbocycles. The predicted octanol–water partition coefficient (Wildman–Crippen LogP) is -2.14. The van der Waals surface area contributed by atoms with Crippen LogP contribution in [0.5, 0.6) is 0 Å². The molecule has 0 aromatic heterocycles. The monoisotopic (exact) mass is 201 g/mol. The van der Waals surface area contributed by atoms with Gasteiger partial charge in [0.05, 0.1) is 6.10 Å². The average molecular weight is 200 g/mol. The number of aliphatic hydroxyl groups excluding tert-OH is 1. The van der Waals surface area contributed by atoms with Gasteiger partial charge in [-0.2, -0.15) is 0 Å². The van der Waals surface area contributed by atoms with Crippen LogP contribution in [0.2, 0.25) is 0 Å². The van der Waals surface area contributed by atoms with E-state index in [0.717, 1.165) is 0 Å². The molecule has 56 valence electrons. The quantitative estimate of drug-likeness (QED) is 0.444. The molecule has 0 fully saturated rings. The average Bonchev–Trinajstić information content (AvgIpc) is 1.64. The van der Waals surface area contributed by atoms with Crippen LogP contribution < -0.4 is 5.73 Å². The Morgan fingerprint density at radius 2 is 2.00 bits per heavy atom. The number of carbonyl (C=O) groups is 1. The molecule has 0 saturated heterocycles. The van der Waals surface area contributed by atoms with E-state index in [4.69, 9.17) is 15.9 Å². The van der Waals surface area contributed by atoms with Crippen molar-refractivity contribution in [3.05, 3.63) is 0 Å². The molecule has 2 atom stereocenters. The van der Waals surface area contributed by atoms with Crippen molar-refractivity contribution < 1.29 is 15.0 Å². The van der Waals surface area contributed by atoms with Gasteiger partial charge in [0.2, 0.25) is 0 Å². The summed E-state index contributed by atoms with van der Waals surface area (Å²) >= 11 is 0. The van der Waals surface area contributed by atoms with Crippen molar-refractivity contribution in [2.75, 3.05) is 0 Å². The summed E-state index contributed by atoms with van der Waals surface area (Å²) in [7, 11) is 0. The summed E-state index contributed by atoms with van der Waals surface area (Å²) in [6.07, 6.45) is -0.979. The van der Waals surface area contributed by atoms with Crippen molar-refractivity contribution in [3.63, 3.8) is 0 Å². The van der Waals surface area contributed by atoms with Crippen LogP contribution in [0.1, 0.15) is 6.92 Å². The van der Waals surface area contributed by atoms with Crippen molar-refractivity contribution in [1.29, 1.82) is 0 Å². The van der Waals surface area contributed by atoms with E-state index in [2.05, 4.69) is 0 Å². The second kappa shape index (κ2) is 4.76. The standard InChI is InChI=1S/C4H9NO3.H2Se/c1-2(6)3(5)4(7)8;/h2-3,6H,5H2,1H3,(H,7,8);1H2. The topological polar surface area (TPSA) is 83.5 Å². The van der Waals surface area contributed by atoms with Gasteiger partial charge in [0, 0.05) is 0 Å². The molecule has 0 radical (unpaired) electrons. The first kappa shape index (κ1) is 11.7. The van der Waals surface area contributed by atoms with Gasteiger partial charge in [0.1, 0.15) is 6.04 Å². The Balaban J connectivity index is 0. The maximum atomic E-state index is 9.86. The zero-order valence-corrected chi connectivity index (χ0v) is 7.13. The van der Waals surface area contributed by atoms with Crippen molar-refractivity contribution in [3.8, 4) is 0 Å². The zero-order valence-electron chi connectivity index (χ0n) is 5.03. The van der Waals surface area contributed by atoms with Gasteiger partial charge in [-0.25, -0.2) is 0 Å². The summed E-state index contributed by atoms with van der Waals surface area (Å²) in [5.74, 6) is -1.18. The van der Waals surface area contributed by atoms with E-state index in [1.165, 1.54) is 6.92 Å². The zero-order chi connectivity index (χ0) is 6.73. The fourth-order valence-corrected chi connectivity index (χ4v) is 0.206. The Hall–Kier alpha value is -0.0905. The van der Waals surface area contributed by atoms with Crippen LogP contribution in [0.25, 0.3) is 0 Å². The summed E-state index contributed by atoms with van der Waals surface area (Å²) in [5.41, 5.74) is 4.91. The number of carboxylic acids is 1. The predicted molar refractivity (Wildman–Crippen MR) is 35.8 cm³/mol. The Bertz CT molecular complexity index is 95.8. The van der Waals surface area contributed by atoms with E-state index >= 15 is 0 Å². The molecule has 0 aliphatic carbocycles. The van der Waals surface area contributed by atoms with Crippen molar-refractivity contribution in [2.24, 2.45) is 5.73 Å². The van der Waals surface area contributed by atoms with Crippen LogP contribution in [-0.2, 0) is 4.79 Å². The van der Waals surface area contributed by atoms with Gasteiger partial charge in [0.15, 0.2) is 0 Å². The molecule has 4 N–H and O–H groups in total. The van der Waals surface area contributed by atoms with Crippen molar-refractivity contribution >= 4 is 23.0 Å². The van der Waals surface area contributed by atoms with Gasteiger partial charge in [0.25, 0.3) is 0 Å². The second-order valence-corrected chi connectivity index (χ2v) is 1.60. The Morgan fingerprint density at radius 1 is 1.67 bits per heavy atom. The summed E-state index contributed by atoms with van der Waals surface area (Å²) in [6.45, 7) is 1.33. The molecule has 0 aliphatic rings. The molecule has 2 unspecified atom stereocenters. The van der Waals surface area contributed by atoms with Gasteiger partial charge in [-0.05, 0) is 6.92 Å². The fraction of sp³-hybridized carbons (Fsp3) is 0.750. The van der Waals surface area contributed by atoms with Crippen molar-refractivity contribution in [2.45, 2.75) is 19.1 Å². The first-order valence-electron chi connectivity index (χ1n) is 2.22. The minimum atomic E-state index is -1.18. The van der Waals surface area contributed by atoms with Crippen LogP contribution in [0, 0.1) is 0 Å². The van der Waals surface area contributed by atoms with Gasteiger partial charge in [-0.1, -0.05) is 0 Å². The Kier molecular flexibility index (Phi) is 6.17. The molecule has 4 nitrogen and oxygen atoms in total. The molecular formula is C4H11NO3Se. The molecule has 0 aromatic rings.